The van der Waals surface area contributed by atoms with Crippen molar-refractivity contribution in [3.63, 3.8) is 0 Å². The minimum Gasteiger partial charge on any atom is -0.355 e. The van der Waals surface area contributed by atoms with E-state index in [0.29, 0.717) is 11.6 Å². The third kappa shape index (κ3) is 2.96. The minimum atomic E-state index is 0.300. The van der Waals surface area contributed by atoms with Crippen LogP contribution in [0.25, 0.3) is 21.3 Å². The summed E-state index contributed by atoms with van der Waals surface area (Å²) in [4.78, 5) is 7.14. The number of nitrogens with zero attached hydrogens (tertiary/aromatic N) is 4. The summed E-state index contributed by atoms with van der Waals surface area (Å²) >= 11 is 6.01. The molecule has 0 aliphatic rings. The van der Waals surface area contributed by atoms with E-state index in [1.54, 1.807) is 6.20 Å². The molecule has 0 bridgehead atoms. The lowest BCUT2D eigenvalue weighted by Gasteiger charge is -2.12. The number of para-hydroxylation sites is 1. The molecule has 1 aromatic heterocycles. The second-order valence-corrected chi connectivity index (χ2v) is 5.13. The summed E-state index contributed by atoms with van der Waals surface area (Å²) in [6.45, 7) is 0.300. The normalized spacial score (nSPS) is 10.2. The van der Waals surface area contributed by atoms with Gasteiger partial charge < -0.3 is 5.32 Å². The van der Waals surface area contributed by atoms with Gasteiger partial charge in [-0.1, -0.05) is 34.9 Å². The van der Waals surface area contributed by atoms with Crippen molar-refractivity contribution in [2.75, 3.05) is 5.32 Å². The maximum absolute atomic E-state index is 8.49. The Morgan fingerprint density at radius 1 is 1.14 bits per heavy atom. The number of rotatable bonds is 4. The van der Waals surface area contributed by atoms with E-state index in [0.717, 1.165) is 27.8 Å². The van der Waals surface area contributed by atoms with E-state index in [2.05, 4.69) is 20.3 Å². The van der Waals surface area contributed by atoms with Gasteiger partial charge in [0.1, 0.15) is 0 Å². The fourth-order valence-corrected chi connectivity index (χ4v) is 2.43. The lowest BCUT2D eigenvalue weighted by Crippen LogP contribution is -1.96. The standard InChI is InChI=1S/C16H12ClN5/c17-12-5-6-13-15(7-8-19-16(13)9-12)21-14-4-2-1-3-11(14)10-20-22-18/h1-9H,10H2,(H,19,21). The van der Waals surface area contributed by atoms with E-state index >= 15 is 0 Å². The molecule has 2 aromatic carbocycles. The van der Waals surface area contributed by atoms with Crippen LogP contribution in [0, 0.1) is 0 Å². The molecule has 0 spiro atoms. The largest absolute Gasteiger partial charge is 0.355 e. The number of hydrogen-bond acceptors (Lipinski definition) is 3. The molecule has 22 heavy (non-hydrogen) atoms. The second-order valence-electron chi connectivity index (χ2n) is 4.69. The van der Waals surface area contributed by atoms with Crippen LogP contribution in [0.5, 0.6) is 0 Å². The quantitative estimate of drug-likeness (QED) is 0.396. The Balaban J connectivity index is 2.02. The van der Waals surface area contributed by atoms with E-state index in [-0.39, 0.29) is 0 Å². The van der Waals surface area contributed by atoms with Crippen LogP contribution in [0.2, 0.25) is 5.02 Å². The van der Waals surface area contributed by atoms with E-state index in [1.807, 2.05) is 48.5 Å². The first-order chi connectivity index (χ1) is 10.8. The van der Waals surface area contributed by atoms with Crippen molar-refractivity contribution in [1.29, 1.82) is 0 Å². The molecule has 0 atom stereocenters. The lowest BCUT2D eigenvalue weighted by molar-refractivity contribution is 1.05. The van der Waals surface area contributed by atoms with Gasteiger partial charge in [-0.2, -0.15) is 0 Å². The lowest BCUT2D eigenvalue weighted by atomic mass is 10.1. The molecule has 1 heterocycles. The summed E-state index contributed by atoms with van der Waals surface area (Å²) in [6, 6.07) is 15.2. The number of halogens is 1. The molecule has 3 aromatic rings. The molecule has 0 amide bonds. The van der Waals surface area contributed by atoms with Crippen LogP contribution in [0.15, 0.2) is 59.8 Å². The molecule has 6 heteroatoms. The fraction of sp³-hybridized carbons (Fsp3) is 0.0625. The molecule has 0 fully saturated rings. The highest BCUT2D eigenvalue weighted by molar-refractivity contribution is 6.31. The Labute approximate surface area is 132 Å². The molecule has 0 saturated carbocycles. The Bertz CT molecular complexity index is 871. The number of azide groups is 1. The Morgan fingerprint density at radius 2 is 2.00 bits per heavy atom. The molecule has 1 N–H and O–H groups in total. The number of anilines is 2. The number of nitrogens with one attached hydrogen (secondary N) is 1. The SMILES string of the molecule is [N-]=[N+]=NCc1ccccc1Nc1ccnc2cc(Cl)ccc12. The van der Waals surface area contributed by atoms with E-state index in [9.17, 15) is 0 Å². The van der Waals surface area contributed by atoms with Crippen LogP contribution in [-0.4, -0.2) is 4.98 Å². The second kappa shape index (κ2) is 6.35. The molecule has 5 nitrogen and oxygen atoms in total. The average Bonchev–Trinajstić information content (AvgIpc) is 2.54. The zero-order chi connectivity index (χ0) is 15.4. The van der Waals surface area contributed by atoms with Crippen LogP contribution in [0.1, 0.15) is 5.56 Å². The Kier molecular flexibility index (Phi) is 4.10. The Hall–Kier alpha value is -2.75. The number of pyridine rings is 1. The average molecular weight is 310 g/mol. The van der Waals surface area contributed by atoms with Gasteiger partial charge in [-0.25, -0.2) is 0 Å². The van der Waals surface area contributed by atoms with Crippen LogP contribution >= 0.6 is 11.6 Å². The summed E-state index contributed by atoms with van der Waals surface area (Å²) in [5.74, 6) is 0. The third-order valence-electron chi connectivity index (χ3n) is 3.30. The molecule has 0 aliphatic heterocycles. The molecule has 0 saturated heterocycles. The van der Waals surface area contributed by atoms with Gasteiger partial charge in [0.05, 0.1) is 12.1 Å². The number of aromatic nitrogens is 1. The summed E-state index contributed by atoms with van der Waals surface area (Å²) in [6.07, 6.45) is 1.73. The summed E-state index contributed by atoms with van der Waals surface area (Å²) in [5.41, 5.74) is 12.1. The zero-order valence-corrected chi connectivity index (χ0v) is 12.3. The van der Waals surface area contributed by atoms with Crippen LogP contribution in [-0.2, 0) is 6.54 Å². The van der Waals surface area contributed by atoms with Crippen molar-refractivity contribution in [3.8, 4) is 0 Å². The molecule has 0 unspecified atom stereocenters. The van der Waals surface area contributed by atoms with Gasteiger partial charge in [-0.3, -0.25) is 4.98 Å². The van der Waals surface area contributed by atoms with Gasteiger partial charge >= 0.3 is 0 Å². The summed E-state index contributed by atoms with van der Waals surface area (Å²) in [5, 5.41) is 8.64. The number of benzene rings is 2. The van der Waals surface area contributed by atoms with Crippen molar-refractivity contribution >= 4 is 33.9 Å². The molecule has 0 aliphatic carbocycles. The predicted octanol–water partition coefficient (Wildman–Crippen LogP) is 5.44. The summed E-state index contributed by atoms with van der Waals surface area (Å²) in [7, 11) is 0. The van der Waals surface area contributed by atoms with Crippen LogP contribution in [0.4, 0.5) is 11.4 Å². The third-order valence-corrected chi connectivity index (χ3v) is 3.53. The van der Waals surface area contributed by atoms with Crippen molar-refractivity contribution in [1.82, 2.24) is 4.98 Å². The van der Waals surface area contributed by atoms with Crippen molar-refractivity contribution in [3.05, 3.63) is 75.8 Å². The van der Waals surface area contributed by atoms with E-state index in [4.69, 9.17) is 17.1 Å². The number of hydrogen-bond donors (Lipinski definition) is 1. The monoisotopic (exact) mass is 309 g/mol. The molecule has 0 radical (unpaired) electrons. The molecular formula is C16H12ClN5. The van der Waals surface area contributed by atoms with Gasteiger partial charge in [-0.05, 0) is 41.4 Å². The Morgan fingerprint density at radius 3 is 2.86 bits per heavy atom. The fourth-order valence-electron chi connectivity index (χ4n) is 2.26. The van der Waals surface area contributed by atoms with Crippen molar-refractivity contribution < 1.29 is 0 Å². The first kappa shape index (κ1) is 14.2. The molecule has 108 valence electrons. The predicted molar refractivity (Wildman–Crippen MR) is 89.3 cm³/mol. The van der Waals surface area contributed by atoms with E-state index < -0.39 is 0 Å². The van der Waals surface area contributed by atoms with Crippen LogP contribution in [0.3, 0.4) is 0 Å². The van der Waals surface area contributed by atoms with Gasteiger partial charge in [0.15, 0.2) is 0 Å². The van der Waals surface area contributed by atoms with Gasteiger partial charge in [0, 0.05) is 32.9 Å². The first-order valence-corrected chi connectivity index (χ1v) is 7.06. The van der Waals surface area contributed by atoms with Crippen molar-refractivity contribution in [2.45, 2.75) is 6.54 Å². The summed E-state index contributed by atoms with van der Waals surface area (Å²) < 4.78 is 0. The van der Waals surface area contributed by atoms with Gasteiger partial charge in [0.25, 0.3) is 0 Å². The van der Waals surface area contributed by atoms with Gasteiger partial charge in [-0.15, -0.1) is 0 Å². The first-order valence-electron chi connectivity index (χ1n) is 6.68. The van der Waals surface area contributed by atoms with E-state index in [1.165, 1.54) is 0 Å². The minimum absolute atomic E-state index is 0.300. The topological polar surface area (TPSA) is 73.7 Å². The van der Waals surface area contributed by atoms with Gasteiger partial charge in [0.2, 0.25) is 0 Å². The van der Waals surface area contributed by atoms with Crippen molar-refractivity contribution in [2.24, 2.45) is 5.11 Å². The highest BCUT2D eigenvalue weighted by Crippen LogP contribution is 2.28. The highest BCUT2D eigenvalue weighted by Gasteiger charge is 2.05. The maximum atomic E-state index is 8.49. The number of fused-ring (bicyclic) bond motifs is 1. The molecular weight excluding hydrogens is 298 g/mol. The molecule has 3 rings (SSSR count). The smallest absolute Gasteiger partial charge is 0.0737 e. The highest BCUT2D eigenvalue weighted by atomic mass is 35.5. The zero-order valence-electron chi connectivity index (χ0n) is 11.6. The van der Waals surface area contributed by atoms with Crippen LogP contribution < -0.4 is 5.32 Å². The maximum Gasteiger partial charge on any atom is 0.0737 e.